The summed E-state index contributed by atoms with van der Waals surface area (Å²) in [6, 6.07) is 10.1. The van der Waals surface area contributed by atoms with E-state index < -0.39 is 6.09 Å². The fraction of sp³-hybridized carbons (Fsp3) is 0.333. The Morgan fingerprint density at radius 1 is 1.26 bits per heavy atom. The minimum atomic E-state index is -0.530. The average molecular weight is 258 g/mol. The van der Waals surface area contributed by atoms with Crippen molar-refractivity contribution in [2.24, 2.45) is 5.10 Å². The maximum absolute atomic E-state index is 11.1. The summed E-state index contributed by atoms with van der Waals surface area (Å²) in [6.07, 6.45) is 5.76. The second kappa shape index (κ2) is 6.73. The second-order valence-corrected chi connectivity index (χ2v) is 4.45. The summed E-state index contributed by atoms with van der Waals surface area (Å²) in [6.45, 7) is 0. The SMILES string of the molecule is COC(=O)NN=C1CCCCC1=Cc1ccccc1. The van der Waals surface area contributed by atoms with E-state index in [0.717, 1.165) is 37.0 Å². The molecule has 0 radical (unpaired) electrons. The number of nitrogens with zero attached hydrogens (tertiary/aromatic N) is 1. The molecule has 0 saturated heterocycles. The Hall–Kier alpha value is -2.10. The fourth-order valence-corrected chi connectivity index (χ4v) is 2.11. The minimum Gasteiger partial charge on any atom is -0.452 e. The van der Waals surface area contributed by atoms with Crippen molar-refractivity contribution in [3.05, 3.63) is 41.5 Å². The number of amides is 1. The first-order valence-corrected chi connectivity index (χ1v) is 6.46. The van der Waals surface area contributed by atoms with Gasteiger partial charge in [0.05, 0.1) is 12.8 Å². The van der Waals surface area contributed by atoms with Crippen molar-refractivity contribution in [2.75, 3.05) is 7.11 Å². The zero-order valence-corrected chi connectivity index (χ0v) is 11.1. The highest BCUT2D eigenvalue weighted by atomic mass is 16.5. The monoisotopic (exact) mass is 258 g/mol. The Morgan fingerprint density at radius 3 is 2.74 bits per heavy atom. The van der Waals surface area contributed by atoms with Crippen molar-refractivity contribution >= 4 is 17.9 Å². The predicted octanol–water partition coefficient (Wildman–Crippen LogP) is 3.36. The highest BCUT2D eigenvalue weighted by Crippen LogP contribution is 2.23. The van der Waals surface area contributed by atoms with E-state index in [0.29, 0.717) is 0 Å². The first-order valence-electron chi connectivity index (χ1n) is 6.46. The van der Waals surface area contributed by atoms with E-state index in [1.54, 1.807) is 0 Å². The number of hydrogen-bond donors (Lipinski definition) is 1. The number of methoxy groups -OCH3 is 1. The van der Waals surface area contributed by atoms with Gasteiger partial charge in [0, 0.05) is 0 Å². The van der Waals surface area contributed by atoms with Gasteiger partial charge < -0.3 is 4.74 Å². The highest BCUT2D eigenvalue weighted by Gasteiger charge is 2.14. The molecule has 1 aliphatic rings. The van der Waals surface area contributed by atoms with Crippen molar-refractivity contribution < 1.29 is 9.53 Å². The summed E-state index contributed by atoms with van der Waals surface area (Å²) < 4.78 is 4.52. The molecule has 0 bridgehead atoms. The number of hydrogen-bond acceptors (Lipinski definition) is 3. The van der Waals surface area contributed by atoms with Gasteiger partial charge in [-0.1, -0.05) is 30.3 Å². The van der Waals surface area contributed by atoms with Crippen molar-refractivity contribution in [3.63, 3.8) is 0 Å². The van der Waals surface area contributed by atoms with Crippen LogP contribution in [0.1, 0.15) is 31.2 Å². The van der Waals surface area contributed by atoms with Crippen LogP contribution in [0.4, 0.5) is 4.79 Å². The third kappa shape index (κ3) is 3.95. The lowest BCUT2D eigenvalue weighted by Crippen LogP contribution is -2.21. The molecule has 1 saturated carbocycles. The van der Waals surface area contributed by atoms with Crippen LogP contribution in [0.25, 0.3) is 6.08 Å². The molecule has 0 atom stereocenters. The van der Waals surface area contributed by atoms with E-state index in [-0.39, 0.29) is 0 Å². The molecule has 4 heteroatoms. The molecule has 0 aromatic heterocycles. The lowest BCUT2D eigenvalue weighted by atomic mass is 9.91. The summed E-state index contributed by atoms with van der Waals surface area (Å²) in [7, 11) is 1.33. The van der Waals surface area contributed by atoms with Crippen molar-refractivity contribution in [3.8, 4) is 0 Å². The second-order valence-electron chi connectivity index (χ2n) is 4.45. The first-order chi connectivity index (χ1) is 9.29. The molecule has 0 aliphatic heterocycles. The molecule has 1 N–H and O–H groups in total. The van der Waals surface area contributed by atoms with Gasteiger partial charge in [-0.05, 0) is 42.9 Å². The Morgan fingerprint density at radius 2 is 2.00 bits per heavy atom. The first kappa shape index (κ1) is 13.3. The normalized spacial score (nSPS) is 19.4. The van der Waals surface area contributed by atoms with Crippen LogP contribution in [0.3, 0.4) is 0 Å². The zero-order chi connectivity index (χ0) is 13.5. The molecule has 4 nitrogen and oxygen atoms in total. The van der Waals surface area contributed by atoms with Gasteiger partial charge in [0.1, 0.15) is 0 Å². The maximum atomic E-state index is 11.1. The summed E-state index contributed by atoms with van der Waals surface area (Å²) in [5, 5.41) is 4.16. The van der Waals surface area contributed by atoms with Crippen LogP contribution in [-0.4, -0.2) is 18.9 Å². The largest absolute Gasteiger partial charge is 0.452 e. The van der Waals surface area contributed by atoms with E-state index in [9.17, 15) is 4.79 Å². The van der Waals surface area contributed by atoms with Crippen LogP contribution in [-0.2, 0) is 4.74 Å². The molecule has 0 unspecified atom stereocenters. The molecule has 100 valence electrons. The molecule has 1 aromatic carbocycles. The van der Waals surface area contributed by atoms with Crippen LogP contribution in [0.5, 0.6) is 0 Å². The van der Waals surface area contributed by atoms with Gasteiger partial charge in [-0.2, -0.15) is 5.10 Å². The van der Waals surface area contributed by atoms with Crippen molar-refractivity contribution in [2.45, 2.75) is 25.7 Å². The quantitative estimate of drug-likeness (QED) is 0.827. The number of allylic oxidation sites excluding steroid dienone is 1. The van der Waals surface area contributed by atoms with Crippen LogP contribution < -0.4 is 5.43 Å². The van der Waals surface area contributed by atoms with Crippen molar-refractivity contribution in [1.29, 1.82) is 0 Å². The average Bonchev–Trinajstić information content (AvgIpc) is 2.47. The summed E-state index contributed by atoms with van der Waals surface area (Å²) in [4.78, 5) is 11.1. The highest BCUT2D eigenvalue weighted by molar-refractivity contribution is 6.04. The third-order valence-corrected chi connectivity index (χ3v) is 3.09. The van der Waals surface area contributed by atoms with E-state index in [1.165, 1.54) is 12.7 Å². The topological polar surface area (TPSA) is 50.7 Å². The molecule has 1 aliphatic carbocycles. The Kier molecular flexibility index (Phi) is 4.72. The minimum absolute atomic E-state index is 0.530. The summed E-state index contributed by atoms with van der Waals surface area (Å²) in [5.74, 6) is 0. The fourth-order valence-electron chi connectivity index (χ4n) is 2.11. The predicted molar refractivity (Wildman–Crippen MR) is 75.9 cm³/mol. The molecule has 1 amide bonds. The number of nitrogens with one attached hydrogen (secondary N) is 1. The van der Waals surface area contributed by atoms with E-state index >= 15 is 0 Å². The molecular formula is C15H18N2O2. The van der Waals surface area contributed by atoms with E-state index in [2.05, 4.69) is 33.5 Å². The van der Waals surface area contributed by atoms with Gasteiger partial charge >= 0.3 is 6.09 Å². The van der Waals surface area contributed by atoms with E-state index in [4.69, 9.17) is 0 Å². The Balaban J connectivity index is 2.16. The smallest absolute Gasteiger partial charge is 0.427 e. The van der Waals surface area contributed by atoms with Gasteiger partial charge in [0.15, 0.2) is 0 Å². The Labute approximate surface area is 113 Å². The Bertz CT molecular complexity index is 492. The van der Waals surface area contributed by atoms with Gasteiger partial charge in [-0.3, -0.25) is 0 Å². The third-order valence-electron chi connectivity index (χ3n) is 3.09. The van der Waals surface area contributed by atoms with Gasteiger partial charge in [0.2, 0.25) is 0 Å². The van der Waals surface area contributed by atoms with Crippen molar-refractivity contribution in [1.82, 2.24) is 5.43 Å². The van der Waals surface area contributed by atoms with Gasteiger partial charge in [0.25, 0.3) is 0 Å². The molecule has 1 aromatic rings. The molecular weight excluding hydrogens is 240 g/mol. The van der Waals surface area contributed by atoms with Crippen LogP contribution >= 0.6 is 0 Å². The zero-order valence-electron chi connectivity index (χ0n) is 11.1. The number of hydrazone groups is 1. The molecule has 1 fully saturated rings. The van der Waals surface area contributed by atoms with Crippen LogP contribution in [0, 0.1) is 0 Å². The lowest BCUT2D eigenvalue weighted by Gasteiger charge is -2.16. The summed E-state index contributed by atoms with van der Waals surface area (Å²) >= 11 is 0. The molecule has 0 spiro atoms. The molecule has 19 heavy (non-hydrogen) atoms. The number of rotatable bonds is 2. The van der Waals surface area contributed by atoms with Gasteiger partial charge in [-0.25, -0.2) is 10.2 Å². The standard InChI is InChI=1S/C15H18N2O2/c1-19-15(18)17-16-14-10-6-5-9-13(14)11-12-7-3-2-4-8-12/h2-4,7-8,11H,5-6,9-10H2,1H3,(H,17,18). The lowest BCUT2D eigenvalue weighted by molar-refractivity contribution is 0.171. The van der Waals surface area contributed by atoms with Crippen LogP contribution in [0.15, 0.2) is 41.0 Å². The number of carbonyl (C=O) groups excluding carboxylic acids is 1. The number of ether oxygens (including phenoxy) is 1. The molecule has 0 heterocycles. The van der Waals surface area contributed by atoms with E-state index in [1.807, 2.05) is 18.2 Å². The van der Waals surface area contributed by atoms with Crippen LogP contribution in [0.2, 0.25) is 0 Å². The maximum Gasteiger partial charge on any atom is 0.427 e. The summed E-state index contributed by atoms with van der Waals surface area (Å²) in [5.41, 5.74) is 5.70. The molecule has 2 rings (SSSR count). The number of carbonyl (C=O) groups is 1. The number of benzene rings is 1. The van der Waals surface area contributed by atoms with Gasteiger partial charge in [-0.15, -0.1) is 0 Å².